The largest absolute Gasteiger partial charge is 0.368 e. The molecule has 144 valence electrons. The fraction of sp³-hybridized carbons (Fsp3) is 0.273. The van der Waals surface area contributed by atoms with E-state index in [0.717, 1.165) is 18.8 Å². The van der Waals surface area contributed by atoms with Gasteiger partial charge in [-0.05, 0) is 42.8 Å². The average molecular weight is 379 g/mol. The van der Waals surface area contributed by atoms with Gasteiger partial charge in [-0.3, -0.25) is 14.2 Å². The number of carbonyl (C=O) groups is 2. The lowest BCUT2D eigenvalue weighted by molar-refractivity contribution is 0.0748. The fourth-order valence-electron chi connectivity index (χ4n) is 3.79. The van der Waals surface area contributed by atoms with Gasteiger partial charge in [0.25, 0.3) is 5.91 Å². The summed E-state index contributed by atoms with van der Waals surface area (Å²) in [4.78, 5) is 29.1. The molecule has 28 heavy (non-hydrogen) atoms. The van der Waals surface area contributed by atoms with E-state index in [2.05, 4.69) is 30.0 Å². The topological polar surface area (TPSA) is 45.6 Å². The van der Waals surface area contributed by atoms with Crippen molar-refractivity contribution >= 4 is 28.4 Å². The Bertz CT molecular complexity index is 1060. The van der Waals surface area contributed by atoms with E-state index in [1.165, 1.54) is 35.4 Å². The van der Waals surface area contributed by atoms with Gasteiger partial charge in [0.05, 0.1) is 11.1 Å². The summed E-state index contributed by atoms with van der Waals surface area (Å²) in [5, 5.41) is 0.600. The van der Waals surface area contributed by atoms with Crippen LogP contribution in [0.3, 0.4) is 0 Å². The number of nitrogens with zero attached hydrogens (tertiary/aromatic N) is 3. The SMILES string of the molecule is CC(=O)n1cc(C(=O)N2CCN(c3cccc(C)c3)CC2)c2ccc(F)cc21. The second-order valence-electron chi connectivity index (χ2n) is 7.21. The fourth-order valence-corrected chi connectivity index (χ4v) is 3.79. The summed E-state index contributed by atoms with van der Waals surface area (Å²) >= 11 is 0. The lowest BCUT2D eigenvalue weighted by atomic mass is 10.1. The van der Waals surface area contributed by atoms with Gasteiger partial charge in [0.2, 0.25) is 5.91 Å². The summed E-state index contributed by atoms with van der Waals surface area (Å²) in [6.45, 7) is 6.15. The number of fused-ring (bicyclic) bond motifs is 1. The van der Waals surface area contributed by atoms with Crippen LogP contribution in [0.4, 0.5) is 10.1 Å². The number of anilines is 1. The summed E-state index contributed by atoms with van der Waals surface area (Å²) in [5.74, 6) is -0.807. The van der Waals surface area contributed by atoms with E-state index in [1.807, 2.05) is 6.07 Å². The number of carbonyl (C=O) groups excluding carboxylic acids is 2. The Morgan fingerprint density at radius 1 is 1.00 bits per heavy atom. The zero-order valence-corrected chi connectivity index (χ0v) is 16.0. The van der Waals surface area contributed by atoms with Crippen molar-refractivity contribution in [2.45, 2.75) is 13.8 Å². The second kappa shape index (κ2) is 7.11. The van der Waals surface area contributed by atoms with Crippen LogP contribution < -0.4 is 4.90 Å². The van der Waals surface area contributed by atoms with E-state index < -0.39 is 5.82 Å². The van der Waals surface area contributed by atoms with Gasteiger partial charge in [-0.1, -0.05) is 12.1 Å². The molecule has 1 aliphatic rings. The van der Waals surface area contributed by atoms with Crippen LogP contribution >= 0.6 is 0 Å². The number of piperazine rings is 1. The van der Waals surface area contributed by atoms with Crippen molar-refractivity contribution in [2.24, 2.45) is 0 Å². The van der Waals surface area contributed by atoms with E-state index >= 15 is 0 Å². The minimum Gasteiger partial charge on any atom is -0.368 e. The highest BCUT2D eigenvalue weighted by Gasteiger charge is 2.25. The Balaban J connectivity index is 1.57. The maximum absolute atomic E-state index is 13.7. The molecule has 1 aliphatic heterocycles. The van der Waals surface area contributed by atoms with E-state index in [0.29, 0.717) is 29.6 Å². The van der Waals surface area contributed by atoms with Crippen LogP contribution in [0, 0.1) is 12.7 Å². The lowest BCUT2D eigenvalue weighted by Crippen LogP contribution is -2.48. The smallest absolute Gasteiger partial charge is 0.256 e. The molecule has 0 spiro atoms. The first-order valence-corrected chi connectivity index (χ1v) is 9.36. The van der Waals surface area contributed by atoms with Crippen molar-refractivity contribution in [3.8, 4) is 0 Å². The molecular formula is C22H22FN3O2. The molecule has 5 nitrogen and oxygen atoms in total. The number of hydrogen-bond donors (Lipinski definition) is 0. The molecular weight excluding hydrogens is 357 g/mol. The number of aromatic nitrogens is 1. The van der Waals surface area contributed by atoms with Crippen LogP contribution in [-0.4, -0.2) is 47.5 Å². The quantitative estimate of drug-likeness (QED) is 0.682. The third-order valence-corrected chi connectivity index (χ3v) is 5.27. The Morgan fingerprint density at radius 3 is 2.43 bits per heavy atom. The molecule has 2 heterocycles. The number of aryl methyl sites for hydroxylation is 1. The van der Waals surface area contributed by atoms with Crippen molar-refractivity contribution in [1.82, 2.24) is 9.47 Å². The zero-order valence-electron chi connectivity index (χ0n) is 16.0. The van der Waals surface area contributed by atoms with Crippen molar-refractivity contribution in [1.29, 1.82) is 0 Å². The highest BCUT2D eigenvalue weighted by molar-refractivity contribution is 6.09. The molecule has 0 saturated carbocycles. The highest BCUT2D eigenvalue weighted by atomic mass is 19.1. The summed E-state index contributed by atoms with van der Waals surface area (Å²) in [6, 6.07) is 12.5. The predicted octanol–water partition coefficient (Wildman–Crippen LogP) is 3.71. The molecule has 1 fully saturated rings. The van der Waals surface area contributed by atoms with Gasteiger partial charge in [-0.25, -0.2) is 4.39 Å². The normalized spacial score (nSPS) is 14.5. The van der Waals surface area contributed by atoms with Crippen LogP contribution in [-0.2, 0) is 0 Å². The molecule has 0 bridgehead atoms. The van der Waals surface area contributed by atoms with Crippen molar-refractivity contribution in [3.05, 3.63) is 65.6 Å². The molecule has 0 N–H and O–H groups in total. The first-order valence-electron chi connectivity index (χ1n) is 9.36. The Labute approximate surface area is 163 Å². The first-order chi connectivity index (χ1) is 13.4. The van der Waals surface area contributed by atoms with Crippen LogP contribution in [0.25, 0.3) is 10.9 Å². The van der Waals surface area contributed by atoms with E-state index in [1.54, 1.807) is 11.0 Å². The maximum Gasteiger partial charge on any atom is 0.256 e. The molecule has 0 aliphatic carbocycles. The molecule has 0 atom stereocenters. The molecule has 2 aromatic carbocycles. The Morgan fingerprint density at radius 2 is 1.75 bits per heavy atom. The Kier molecular flexibility index (Phi) is 4.63. The van der Waals surface area contributed by atoms with Gasteiger partial charge >= 0.3 is 0 Å². The highest BCUT2D eigenvalue weighted by Crippen LogP contribution is 2.25. The van der Waals surface area contributed by atoms with Crippen molar-refractivity contribution < 1.29 is 14.0 Å². The van der Waals surface area contributed by atoms with E-state index in [4.69, 9.17) is 0 Å². The van der Waals surface area contributed by atoms with Crippen LogP contribution in [0.1, 0.15) is 27.6 Å². The third-order valence-electron chi connectivity index (χ3n) is 5.27. The predicted molar refractivity (Wildman–Crippen MR) is 107 cm³/mol. The van der Waals surface area contributed by atoms with Crippen molar-refractivity contribution in [3.63, 3.8) is 0 Å². The second-order valence-corrected chi connectivity index (χ2v) is 7.21. The number of rotatable bonds is 2. The standard InChI is InChI=1S/C22H22FN3O2/c1-15-4-3-5-18(12-15)24-8-10-25(11-9-24)22(28)20-14-26(16(2)27)21-13-17(23)6-7-19(20)21/h3-7,12-14H,8-11H2,1-2H3. The number of benzene rings is 2. The van der Waals surface area contributed by atoms with Crippen LogP contribution in [0.15, 0.2) is 48.7 Å². The molecule has 0 radical (unpaired) electrons. The van der Waals surface area contributed by atoms with Gasteiger partial charge < -0.3 is 9.80 Å². The third kappa shape index (κ3) is 3.26. The minimum absolute atomic E-state index is 0.125. The van der Waals surface area contributed by atoms with Crippen LogP contribution in [0.2, 0.25) is 0 Å². The number of halogens is 1. The molecule has 6 heteroatoms. The average Bonchev–Trinajstić information content (AvgIpc) is 3.06. The summed E-state index contributed by atoms with van der Waals surface area (Å²) < 4.78 is 15.0. The molecule has 1 saturated heterocycles. The van der Waals surface area contributed by atoms with Gasteiger partial charge in [0.15, 0.2) is 0 Å². The molecule has 1 amide bonds. The van der Waals surface area contributed by atoms with E-state index in [9.17, 15) is 14.0 Å². The van der Waals surface area contributed by atoms with Crippen LogP contribution in [0.5, 0.6) is 0 Å². The lowest BCUT2D eigenvalue weighted by Gasteiger charge is -2.36. The van der Waals surface area contributed by atoms with Gasteiger partial charge in [-0.2, -0.15) is 0 Å². The van der Waals surface area contributed by atoms with Crippen molar-refractivity contribution in [2.75, 3.05) is 31.1 Å². The monoisotopic (exact) mass is 379 g/mol. The molecule has 4 rings (SSSR count). The van der Waals surface area contributed by atoms with Gasteiger partial charge in [0, 0.05) is 50.4 Å². The van der Waals surface area contributed by atoms with Gasteiger partial charge in [-0.15, -0.1) is 0 Å². The zero-order chi connectivity index (χ0) is 19.8. The summed E-state index contributed by atoms with van der Waals surface area (Å²) in [6.07, 6.45) is 1.53. The number of hydrogen-bond acceptors (Lipinski definition) is 3. The minimum atomic E-state index is -0.432. The molecule has 3 aromatic rings. The van der Waals surface area contributed by atoms with Gasteiger partial charge in [0.1, 0.15) is 5.82 Å². The maximum atomic E-state index is 13.7. The number of amides is 1. The summed E-state index contributed by atoms with van der Waals surface area (Å²) in [7, 11) is 0. The Hall–Kier alpha value is -3.15. The van der Waals surface area contributed by atoms with E-state index in [-0.39, 0.29) is 11.8 Å². The summed E-state index contributed by atoms with van der Waals surface area (Å²) in [5.41, 5.74) is 3.24. The first kappa shape index (κ1) is 18.2. The molecule has 0 unspecified atom stereocenters. The molecule has 1 aromatic heterocycles.